The van der Waals surface area contributed by atoms with Gasteiger partial charge in [-0.3, -0.25) is 9.59 Å². The summed E-state index contributed by atoms with van der Waals surface area (Å²) < 4.78 is 0.884. The molecule has 6 nitrogen and oxygen atoms in total. The van der Waals surface area contributed by atoms with Crippen LogP contribution in [0.5, 0.6) is 0 Å². The van der Waals surface area contributed by atoms with E-state index >= 15 is 0 Å². The van der Waals surface area contributed by atoms with Crippen molar-refractivity contribution in [2.45, 2.75) is 39.2 Å². The van der Waals surface area contributed by atoms with Gasteiger partial charge in [-0.25, -0.2) is 0 Å². The number of amides is 1. The van der Waals surface area contributed by atoms with E-state index in [4.69, 9.17) is 5.11 Å². The predicted molar refractivity (Wildman–Crippen MR) is 149 cm³/mol. The second-order valence-electron chi connectivity index (χ2n) is 8.91. The van der Waals surface area contributed by atoms with Crippen molar-refractivity contribution in [2.75, 3.05) is 17.2 Å². The summed E-state index contributed by atoms with van der Waals surface area (Å²) in [7, 11) is 0. The van der Waals surface area contributed by atoms with Gasteiger partial charge >= 0.3 is 5.97 Å². The Balaban J connectivity index is 1.74. The Morgan fingerprint density at radius 1 is 1.08 bits per heavy atom. The largest absolute Gasteiger partial charge is 0.481 e. The van der Waals surface area contributed by atoms with Crippen LogP contribution in [-0.4, -0.2) is 23.5 Å². The Morgan fingerprint density at radius 3 is 2.58 bits per heavy atom. The third kappa shape index (κ3) is 6.04. The number of hydrogen-bond donors (Lipinski definition) is 4. The minimum absolute atomic E-state index is 0.0475. The first-order valence-electron chi connectivity index (χ1n) is 12.1. The van der Waals surface area contributed by atoms with Crippen LogP contribution in [0.4, 0.5) is 11.4 Å². The maximum absolute atomic E-state index is 13.2. The zero-order valence-electron chi connectivity index (χ0n) is 20.4. The maximum atomic E-state index is 13.2. The van der Waals surface area contributed by atoms with Gasteiger partial charge in [0.15, 0.2) is 0 Å². The van der Waals surface area contributed by atoms with E-state index in [1.165, 1.54) is 5.56 Å². The van der Waals surface area contributed by atoms with Crippen LogP contribution < -0.4 is 16.0 Å². The summed E-state index contributed by atoms with van der Waals surface area (Å²) in [5, 5.41) is 19.1. The summed E-state index contributed by atoms with van der Waals surface area (Å²) in [6.45, 7) is 5.25. The molecular weight excluding hydrogens is 518 g/mol. The highest BCUT2D eigenvalue weighted by Gasteiger charge is 2.28. The van der Waals surface area contributed by atoms with E-state index in [0.29, 0.717) is 17.7 Å². The first-order valence-corrected chi connectivity index (χ1v) is 12.9. The molecule has 1 aliphatic heterocycles. The molecule has 4 rings (SSSR count). The predicted octanol–water partition coefficient (Wildman–Crippen LogP) is 6.46. The molecule has 1 atom stereocenters. The van der Waals surface area contributed by atoms with Gasteiger partial charge in [0.2, 0.25) is 0 Å². The van der Waals surface area contributed by atoms with E-state index in [9.17, 15) is 9.59 Å². The summed E-state index contributed by atoms with van der Waals surface area (Å²) in [6.07, 6.45) is 1.54. The number of halogens is 1. The highest BCUT2D eigenvalue weighted by atomic mass is 79.9. The Hall–Kier alpha value is -3.42. The van der Waals surface area contributed by atoms with Crippen molar-refractivity contribution >= 4 is 50.5 Å². The SMILES string of the molecule is CCCNC(C)c1ccc(NC(=C2C(=O)Nc3cc(Br)ccc32)c2cccc(CCC(=O)O)c2)cc1. The molecule has 4 N–H and O–H groups in total. The summed E-state index contributed by atoms with van der Waals surface area (Å²) in [5.41, 5.74) is 6.56. The fourth-order valence-electron chi connectivity index (χ4n) is 4.28. The zero-order chi connectivity index (χ0) is 25.7. The van der Waals surface area contributed by atoms with Gasteiger partial charge in [-0.15, -0.1) is 0 Å². The number of hydrogen-bond acceptors (Lipinski definition) is 4. The molecule has 0 spiro atoms. The summed E-state index contributed by atoms with van der Waals surface area (Å²) >= 11 is 3.48. The number of carbonyl (C=O) groups is 2. The van der Waals surface area contributed by atoms with E-state index in [2.05, 4.69) is 57.9 Å². The van der Waals surface area contributed by atoms with Crippen molar-refractivity contribution in [3.63, 3.8) is 0 Å². The highest BCUT2D eigenvalue weighted by Crippen LogP contribution is 2.39. The third-order valence-corrected chi connectivity index (χ3v) is 6.69. The molecule has 0 aliphatic carbocycles. The fourth-order valence-corrected chi connectivity index (χ4v) is 4.65. The molecule has 1 unspecified atom stereocenters. The molecule has 3 aromatic carbocycles. The lowest BCUT2D eigenvalue weighted by Gasteiger charge is -2.17. The third-order valence-electron chi connectivity index (χ3n) is 6.20. The van der Waals surface area contributed by atoms with Crippen LogP contribution in [0.1, 0.15) is 55.0 Å². The number of aliphatic carboxylic acids is 1. The van der Waals surface area contributed by atoms with Crippen molar-refractivity contribution in [1.29, 1.82) is 0 Å². The highest BCUT2D eigenvalue weighted by molar-refractivity contribution is 9.10. The first-order chi connectivity index (χ1) is 17.4. The van der Waals surface area contributed by atoms with Crippen LogP contribution in [0, 0.1) is 0 Å². The van der Waals surface area contributed by atoms with Crippen molar-refractivity contribution in [3.05, 3.63) is 93.5 Å². The molecule has 0 saturated heterocycles. The van der Waals surface area contributed by atoms with Crippen LogP contribution in [0.3, 0.4) is 0 Å². The number of aryl methyl sites for hydroxylation is 1. The summed E-state index contributed by atoms with van der Waals surface area (Å²) in [5.74, 6) is -1.02. The second-order valence-corrected chi connectivity index (χ2v) is 9.83. The minimum atomic E-state index is -0.838. The molecule has 36 heavy (non-hydrogen) atoms. The number of fused-ring (bicyclic) bond motifs is 1. The quantitative estimate of drug-likeness (QED) is 0.219. The van der Waals surface area contributed by atoms with Crippen molar-refractivity contribution in [2.24, 2.45) is 0 Å². The Labute approximate surface area is 219 Å². The van der Waals surface area contributed by atoms with E-state index in [1.54, 1.807) is 0 Å². The normalized spacial score (nSPS) is 14.7. The lowest BCUT2D eigenvalue weighted by molar-refractivity contribution is -0.137. The molecule has 0 fully saturated rings. The number of anilines is 2. The molecule has 0 bridgehead atoms. The molecule has 0 radical (unpaired) electrons. The minimum Gasteiger partial charge on any atom is -0.481 e. The number of carboxylic acids is 1. The van der Waals surface area contributed by atoms with E-state index in [0.717, 1.165) is 45.5 Å². The standard InChI is InChI=1S/C29H30BrN3O3/c1-3-15-31-18(2)20-8-11-23(12-9-20)32-28(21-6-4-5-19(16-21)7-14-26(34)35)27-24-13-10-22(30)17-25(24)33-29(27)36/h4-6,8-13,16-18,31-32H,3,7,14-15H2,1-2H3,(H,33,36)(H,34,35). The van der Waals surface area contributed by atoms with E-state index < -0.39 is 5.97 Å². The number of carboxylic acid groups (broad SMARTS) is 1. The van der Waals surface area contributed by atoms with Crippen LogP contribution in [0.25, 0.3) is 11.3 Å². The summed E-state index contributed by atoms with van der Waals surface area (Å²) in [6, 6.07) is 21.9. The Bertz CT molecular complexity index is 1300. The monoisotopic (exact) mass is 547 g/mol. The van der Waals surface area contributed by atoms with Gasteiger partial charge in [0.05, 0.1) is 17.0 Å². The Morgan fingerprint density at radius 2 is 1.86 bits per heavy atom. The lowest BCUT2D eigenvalue weighted by atomic mass is 9.97. The van der Waals surface area contributed by atoms with Crippen molar-refractivity contribution in [1.82, 2.24) is 5.32 Å². The van der Waals surface area contributed by atoms with Crippen LogP contribution in [0.2, 0.25) is 0 Å². The van der Waals surface area contributed by atoms with Gasteiger partial charge < -0.3 is 21.1 Å². The van der Waals surface area contributed by atoms with Gasteiger partial charge in [-0.2, -0.15) is 0 Å². The topological polar surface area (TPSA) is 90.5 Å². The molecule has 0 aromatic heterocycles. The fraction of sp³-hybridized carbons (Fsp3) is 0.241. The maximum Gasteiger partial charge on any atom is 0.303 e. The van der Waals surface area contributed by atoms with Gasteiger partial charge in [-0.05, 0) is 73.3 Å². The molecule has 0 saturated carbocycles. The molecular formula is C29H30BrN3O3. The number of nitrogens with one attached hydrogen (secondary N) is 3. The van der Waals surface area contributed by atoms with Crippen LogP contribution in [0.15, 0.2) is 71.2 Å². The average Bonchev–Trinajstić information content (AvgIpc) is 3.19. The van der Waals surface area contributed by atoms with Gasteiger partial charge in [0.1, 0.15) is 0 Å². The zero-order valence-corrected chi connectivity index (χ0v) is 22.0. The second kappa shape index (κ2) is 11.5. The summed E-state index contributed by atoms with van der Waals surface area (Å²) in [4.78, 5) is 24.3. The molecule has 1 aliphatic rings. The number of rotatable bonds is 10. The van der Waals surface area contributed by atoms with E-state index in [-0.39, 0.29) is 18.4 Å². The molecule has 3 aromatic rings. The lowest BCUT2D eigenvalue weighted by Crippen LogP contribution is -2.19. The average molecular weight is 548 g/mol. The smallest absolute Gasteiger partial charge is 0.303 e. The van der Waals surface area contributed by atoms with Crippen molar-refractivity contribution in [3.8, 4) is 0 Å². The van der Waals surface area contributed by atoms with E-state index in [1.807, 2.05) is 54.6 Å². The first kappa shape index (κ1) is 25.7. The van der Waals surface area contributed by atoms with Crippen LogP contribution in [-0.2, 0) is 16.0 Å². The molecule has 1 heterocycles. The van der Waals surface area contributed by atoms with Gasteiger partial charge in [-0.1, -0.05) is 59.3 Å². The van der Waals surface area contributed by atoms with Gasteiger partial charge in [0, 0.05) is 28.2 Å². The molecule has 7 heteroatoms. The van der Waals surface area contributed by atoms with Gasteiger partial charge in [0.25, 0.3) is 5.91 Å². The molecule has 1 amide bonds. The number of carbonyl (C=O) groups excluding carboxylic acids is 1. The molecule has 186 valence electrons. The Kier molecular flexibility index (Phi) is 8.23. The van der Waals surface area contributed by atoms with Crippen LogP contribution >= 0.6 is 15.9 Å². The number of benzene rings is 3. The van der Waals surface area contributed by atoms with Crippen molar-refractivity contribution < 1.29 is 14.7 Å².